The third-order valence-corrected chi connectivity index (χ3v) is 4.91. The lowest BCUT2D eigenvalue weighted by Gasteiger charge is -2.03. The average molecular weight is 351 g/mol. The van der Waals surface area contributed by atoms with Crippen molar-refractivity contribution in [2.24, 2.45) is 5.10 Å². The van der Waals surface area contributed by atoms with Gasteiger partial charge in [-0.25, -0.2) is 4.98 Å². The summed E-state index contributed by atoms with van der Waals surface area (Å²) in [5, 5.41) is 9.21. The first-order valence-corrected chi connectivity index (χ1v) is 8.71. The predicted molar refractivity (Wildman–Crippen MR) is 101 cm³/mol. The molecular weight excluding hydrogens is 334 g/mol. The van der Waals surface area contributed by atoms with Crippen molar-refractivity contribution in [1.29, 1.82) is 0 Å². The zero-order chi connectivity index (χ0) is 17.4. The monoisotopic (exact) mass is 351 g/mol. The number of nitrogens with zero attached hydrogens (tertiary/aromatic N) is 4. The number of fused-ring (bicyclic) bond motifs is 1. The molecule has 1 N–H and O–H groups in total. The number of anilines is 1. The lowest BCUT2D eigenvalue weighted by Crippen LogP contribution is -2.00. The highest BCUT2D eigenvalue weighted by molar-refractivity contribution is 7.22. The van der Waals surface area contributed by atoms with Gasteiger partial charge in [-0.05, 0) is 39.0 Å². The molecule has 4 aromatic rings. The van der Waals surface area contributed by atoms with Crippen molar-refractivity contribution in [1.82, 2.24) is 14.7 Å². The highest BCUT2D eigenvalue weighted by Crippen LogP contribution is 2.25. The summed E-state index contributed by atoms with van der Waals surface area (Å²) in [6.07, 6.45) is 1.80. The van der Waals surface area contributed by atoms with Crippen molar-refractivity contribution in [3.05, 3.63) is 59.1 Å². The Morgan fingerprint density at radius 1 is 1.20 bits per heavy atom. The number of rotatable bonds is 4. The molecule has 3 heterocycles. The largest absolute Gasteiger partial charge is 0.360 e. The van der Waals surface area contributed by atoms with Crippen LogP contribution in [0.5, 0.6) is 0 Å². The molecule has 0 fully saturated rings. The molecule has 0 saturated carbocycles. The third-order valence-electron chi connectivity index (χ3n) is 3.97. The van der Waals surface area contributed by atoms with Crippen molar-refractivity contribution in [3.8, 4) is 5.82 Å². The Bertz CT molecular complexity index is 1040. The van der Waals surface area contributed by atoms with Gasteiger partial charge in [0.25, 0.3) is 0 Å². The SMILES string of the molecule is Cc1cc(-n2c(C)cc(/C=N\Nc3nc4ccccc4s3)c2C)no1. The molecule has 1 aromatic carbocycles. The van der Waals surface area contributed by atoms with Crippen LogP contribution in [0.3, 0.4) is 0 Å². The quantitative estimate of drug-likeness (QED) is 0.436. The maximum atomic E-state index is 5.18. The number of hydrazone groups is 1. The molecule has 0 aliphatic carbocycles. The molecule has 0 spiro atoms. The maximum absolute atomic E-state index is 5.18. The average Bonchev–Trinajstić information content (AvgIpc) is 3.26. The van der Waals surface area contributed by atoms with E-state index in [1.165, 1.54) is 0 Å². The van der Waals surface area contributed by atoms with Gasteiger partial charge in [0.1, 0.15) is 5.76 Å². The molecule has 3 aromatic heterocycles. The number of para-hydroxylation sites is 1. The molecule has 4 rings (SSSR count). The minimum absolute atomic E-state index is 0.776. The van der Waals surface area contributed by atoms with Gasteiger partial charge in [0.15, 0.2) is 5.82 Å². The second kappa shape index (κ2) is 6.18. The molecule has 0 unspecified atom stereocenters. The van der Waals surface area contributed by atoms with Crippen molar-refractivity contribution in [3.63, 3.8) is 0 Å². The van der Waals surface area contributed by atoms with Gasteiger partial charge in [0.2, 0.25) is 5.13 Å². The van der Waals surface area contributed by atoms with Gasteiger partial charge < -0.3 is 4.52 Å². The molecule has 126 valence electrons. The summed E-state index contributed by atoms with van der Waals surface area (Å²) >= 11 is 1.58. The molecule has 25 heavy (non-hydrogen) atoms. The van der Waals surface area contributed by atoms with E-state index in [9.17, 15) is 0 Å². The first kappa shape index (κ1) is 15.6. The molecule has 0 radical (unpaired) electrons. The second-order valence-corrected chi connectivity index (χ2v) is 6.85. The van der Waals surface area contributed by atoms with Crippen molar-refractivity contribution in [2.45, 2.75) is 20.8 Å². The van der Waals surface area contributed by atoms with E-state index in [1.807, 2.05) is 45.0 Å². The standard InChI is InChI=1S/C18H17N5OS/c1-11-8-14(13(3)23(11)17-9-12(2)24-22-17)10-19-21-18-20-15-6-4-5-7-16(15)25-18/h4-10H,1-3H3,(H,20,21)/b19-10-. The summed E-state index contributed by atoms with van der Waals surface area (Å²) in [6, 6.07) is 12.0. The summed E-state index contributed by atoms with van der Waals surface area (Å²) in [4.78, 5) is 4.51. The van der Waals surface area contributed by atoms with Gasteiger partial charge in [-0.2, -0.15) is 5.10 Å². The topological polar surface area (TPSA) is 68.2 Å². The van der Waals surface area contributed by atoms with E-state index in [-0.39, 0.29) is 0 Å². The number of hydrogen-bond donors (Lipinski definition) is 1. The van der Waals surface area contributed by atoms with Crippen LogP contribution in [0.2, 0.25) is 0 Å². The fourth-order valence-electron chi connectivity index (χ4n) is 2.81. The van der Waals surface area contributed by atoms with Crippen LogP contribution >= 0.6 is 11.3 Å². The fraction of sp³-hybridized carbons (Fsp3) is 0.167. The summed E-state index contributed by atoms with van der Waals surface area (Å²) in [7, 11) is 0. The molecule has 0 bridgehead atoms. The number of aromatic nitrogens is 3. The summed E-state index contributed by atoms with van der Waals surface area (Å²) in [5.41, 5.74) is 7.14. The van der Waals surface area contributed by atoms with Gasteiger partial charge in [0.05, 0.1) is 16.4 Å². The Balaban J connectivity index is 1.57. The first-order chi connectivity index (χ1) is 12.1. The van der Waals surface area contributed by atoms with Crippen LogP contribution in [0.4, 0.5) is 5.13 Å². The number of nitrogens with one attached hydrogen (secondary N) is 1. The van der Waals surface area contributed by atoms with Gasteiger partial charge in [0, 0.05) is 23.0 Å². The van der Waals surface area contributed by atoms with E-state index in [0.29, 0.717) is 0 Å². The summed E-state index contributed by atoms with van der Waals surface area (Å²) < 4.78 is 8.37. The Hall–Kier alpha value is -2.93. The summed E-state index contributed by atoms with van der Waals surface area (Å²) in [6.45, 7) is 5.96. The number of aryl methyl sites for hydroxylation is 2. The van der Waals surface area contributed by atoms with Crippen LogP contribution in [0.15, 0.2) is 46.0 Å². The zero-order valence-electron chi connectivity index (χ0n) is 14.1. The normalized spacial score (nSPS) is 11.6. The minimum atomic E-state index is 0.776. The van der Waals surface area contributed by atoms with Crippen LogP contribution in [0, 0.1) is 20.8 Å². The predicted octanol–water partition coefficient (Wildman–Crippen LogP) is 4.45. The molecular formula is C18H17N5OS. The van der Waals surface area contributed by atoms with Gasteiger partial charge in [-0.3, -0.25) is 9.99 Å². The van der Waals surface area contributed by atoms with Crippen LogP contribution in [-0.4, -0.2) is 20.9 Å². The minimum Gasteiger partial charge on any atom is -0.360 e. The van der Waals surface area contributed by atoms with E-state index in [4.69, 9.17) is 4.52 Å². The highest BCUT2D eigenvalue weighted by Gasteiger charge is 2.12. The zero-order valence-corrected chi connectivity index (χ0v) is 15.0. The third kappa shape index (κ3) is 2.94. The second-order valence-electron chi connectivity index (χ2n) is 5.81. The molecule has 0 aliphatic rings. The molecule has 0 saturated heterocycles. The van der Waals surface area contributed by atoms with Crippen molar-refractivity contribution < 1.29 is 4.52 Å². The fourth-order valence-corrected chi connectivity index (χ4v) is 3.62. The van der Waals surface area contributed by atoms with Crippen LogP contribution in [0.1, 0.15) is 22.7 Å². The van der Waals surface area contributed by atoms with E-state index in [2.05, 4.69) is 37.4 Å². The van der Waals surface area contributed by atoms with Crippen LogP contribution in [0.25, 0.3) is 16.0 Å². The number of thiazole rings is 1. The Morgan fingerprint density at radius 2 is 2.04 bits per heavy atom. The summed E-state index contributed by atoms with van der Waals surface area (Å²) in [5.74, 6) is 1.57. The van der Waals surface area contributed by atoms with E-state index < -0.39 is 0 Å². The van der Waals surface area contributed by atoms with Crippen LogP contribution < -0.4 is 5.43 Å². The molecule has 0 atom stereocenters. The van der Waals surface area contributed by atoms with Gasteiger partial charge >= 0.3 is 0 Å². The Morgan fingerprint density at radius 3 is 2.80 bits per heavy atom. The van der Waals surface area contributed by atoms with Crippen molar-refractivity contribution >= 4 is 32.9 Å². The molecule has 0 amide bonds. The van der Waals surface area contributed by atoms with E-state index in [0.717, 1.165) is 43.9 Å². The molecule has 7 heteroatoms. The van der Waals surface area contributed by atoms with Crippen molar-refractivity contribution in [2.75, 3.05) is 5.43 Å². The van der Waals surface area contributed by atoms with Gasteiger partial charge in [-0.15, -0.1) is 0 Å². The lowest BCUT2D eigenvalue weighted by atomic mass is 10.3. The van der Waals surface area contributed by atoms with Gasteiger partial charge in [-0.1, -0.05) is 28.6 Å². The maximum Gasteiger partial charge on any atom is 0.204 e. The van der Waals surface area contributed by atoms with E-state index >= 15 is 0 Å². The first-order valence-electron chi connectivity index (χ1n) is 7.89. The number of benzene rings is 1. The van der Waals surface area contributed by atoms with E-state index in [1.54, 1.807) is 17.6 Å². The molecule has 0 aliphatic heterocycles. The van der Waals surface area contributed by atoms with Crippen LogP contribution in [-0.2, 0) is 0 Å². The molecule has 6 nitrogen and oxygen atoms in total. The highest BCUT2D eigenvalue weighted by atomic mass is 32.1. The lowest BCUT2D eigenvalue weighted by molar-refractivity contribution is 0.394. The Kier molecular flexibility index (Phi) is 3.85. The number of hydrogen-bond acceptors (Lipinski definition) is 6. The smallest absolute Gasteiger partial charge is 0.204 e. The Labute approximate surface area is 148 Å².